The first-order chi connectivity index (χ1) is 10.9. The Morgan fingerprint density at radius 3 is 2.65 bits per heavy atom. The number of rotatable bonds is 5. The Hall–Kier alpha value is -2.70. The van der Waals surface area contributed by atoms with Crippen molar-refractivity contribution < 1.29 is 23.0 Å². The molecule has 0 saturated heterocycles. The van der Waals surface area contributed by atoms with Crippen molar-refractivity contribution in [2.75, 3.05) is 12.0 Å². The number of halogens is 3. The second-order valence-electron chi connectivity index (χ2n) is 4.57. The molecule has 0 aliphatic rings. The molecule has 23 heavy (non-hydrogen) atoms. The SMILES string of the molecule is CCOc1cc(C=NNc2ccccc2C(F)(F)F)ccc1O. The normalized spacial score (nSPS) is 11.7. The first kappa shape index (κ1) is 16.7. The molecule has 7 heteroatoms. The molecular weight excluding hydrogens is 309 g/mol. The molecule has 2 N–H and O–H groups in total. The first-order valence-corrected chi connectivity index (χ1v) is 6.83. The number of para-hydroxylation sites is 1. The molecule has 0 amide bonds. The maximum atomic E-state index is 12.8. The monoisotopic (exact) mass is 324 g/mol. The van der Waals surface area contributed by atoms with Gasteiger partial charge in [-0.05, 0) is 42.8 Å². The number of aromatic hydroxyl groups is 1. The van der Waals surface area contributed by atoms with Crippen molar-refractivity contribution in [3.05, 3.63) is 53.6 Å². The van der Waals surface area contributed by atoms with Gasteiger partial charge in [-0.2, -0.15) is 18.3 Å². The maximum Gasteiger partial charge on any atom is 0.418 e. The Labute approximate surface area is 131 Å². The van der Waals surface area contributed by atoms with Gasteiger partial charge >= 0.3 is 6.18 Å². The van der Waals surface area contributed by atoms with Crippen LogP contribution in [0.4, 0.5) is 18.9 Å². The van der Waals surface area contributed by atoms with Crippen molar-refractivity contribution in [2.24, 2.45) is 5.10 Å². The maximum absolute atomic E-state index is 12.8. The molecule has 0 unspecified atom stereocenters. The van der Waals surface area contributed by atoms with Crippen LogP contribution in [0.15, 0.2) is 47.6 Å². The number of nitrogens with zero attached hydrogens (tertiary/aromatic N) is 1. The lowest BCUT2D eigenvalue weighted by atomic mass is 10.2. The lowest BCUT2D eigenvalue weighted by Gasteiger charge is -2.11. The summed E-state index contributed by atoms with van der Waals surface area (Å²) in [5, 5.41) is 13.4. The summed E-state index contributed by atoms with van der Waals surface area (Å²) in [6.07, 6.45) is -3.12. The fourth-order valence-electron chi connectivity index (χ4n) is 1.89. The summed E-state index contributed by atoms with van der Waals surface area (Å²) in [7, 11) is 0. The van der Waals surface area contributed by atoms with Crippen molar-refractivity contribution in [1.29, 1.82) is 0 Å². The van der Waals surface area contributed by atoms with Crippen molar-refractivity contribution in [3.63, 3.8) is 0 Å². The van der Waals surface area contributed by atoms with Crippen LogP contribution < -0.4 is 10.2 Å². The second kappa shape index (κ2) is 7.04. The molecule has 0 aliphatic carbocycles. The molecule has 0 aliphatic heterocycles. The summed E-state index contributed by atoms with van der Waals surface area (Å²) in [4.78, 5) is 0. The van der Waals surface area contributed by atoms with Crippen LogP contribution in [0.2, 0.25) is 0 Å². The molecule has 2 rings (SSSR count). The molecule has 122 valence electrons. The van der Waals surface area contributed by atoms with Gasteiger partial charge in [0.15, 0.2) is 11.5 Å². The molecule has 0 heterocycles. The van der Waals surface area contributed by atoms with Gasteiger partial charge in [0.2, 0.25) is 0 Å². The number of nitrogens with one attached hydrogen (secondary N) is 1. The highest BCUT2D eigenvalue weighted by molar-refractivity contribution is 5.81. The quantitative estimate of drug-likeness (QED) is 0.638. The molecule has 0 saturated carbocycles. The van der Waals surface area contributed by atoms with E-state index in [0.717, 1.165) is 6.07 Å². The third kappa shape index (κ3) is 4.38. The van der Waals surface area contributed by atoms with Crippen LogP contribution in [0.5, 0.6) is 11.5 Å². The summed E-state index contributed by atoms with van der Waals surface area (Å²) < 4.78 is 43.8. The smallest absolute Gasteiger partial charge is 0.418 e. The van der Waals surface area contributed by atoms with Crippen LogP contribution in [-0.2, 0) is 6.18 Å². The number of phenols is 1. The minimum Gasteiger partial charge on any atom is -0.504 e. The summed E-state index contributed by atoms with van der Waals surface area (Å²) in [5.74, 6) is 0.270. The van der Waals surface area contributed by atoms with E-state index < -0.39 is 11.7 Å². The summed E-state index contributed by atoms with van der Waals surface area (Å²) in [6, 6.07) is 9.61. The molecule has 0 aromatic heterocycles. The molecule has 4 nitrogen and oxygen atoms in total. The zero-order chi connectivity index (χ0) is 16.9. The van der Waals surface area contributed by atoms with E-state index in [1.54, 1.807) is 19.1 Å². The number of hydrogen-bond acceptors (Lipinski definition) is 4. The predicted octanol–water partition coefficient (Wildman–Crippen LogP) is 4.26. The van der Waals surface area contributed by atoms with Gasteiger partial charge in [0.25, 0.3) is 0 Å². The van der Waals surface area contributed by atoms with Crippen molar-refractivity contribution in [3.8, 4) is 11.5 Å². The van der Waals surface area contributed by atoms with Gasteiger partial charge in [0.1, 0.15) is 0 Å². The molecular formula is C16H15F3N2O2. The summed E-state index contributed by atoms with van der Waals surface area (Å²) in [6.45, 7) is 2.15. The molecule has 2 aromatic carbocycles. The van der Waals surface area contributed by atoms with Gasteiger partial charge in [0.05, 0.1) is 24.1 Å². The molecule has 2 aromatic rings. The van der Waals surface area contributed by atoms with Crippen LogP contribution in [-0.4, -0.2) is 17.9 Å². The van der Waals surface area contributed by atoms with E-state index in [9.17, 15) is 18.3 Å². The zero-order valence-electron chi connectivity index (χ0n) is 12.3. The predicted molar refractivity (Wildman–Crippen MR) is 81.9 cm³/mol. The average Bonchev–Trinajstić information content (AvgIpc) is 2.50. The van der Waals surface area contributed by atoms with Crippen molar-refractivity contribution >= 4 is 11.9 Å². The van der Waals surface area contributed by atoms with E-state index in [4.69, 9.17) is 4.74 Å². The van der Waals surface area contributed by atoms with E-state index in [2.05, 4.69) is 10.5 Å². The Balaban J connectivity index is 2.15. The number of benzene rings is 2. The van der Waals surface area contributed by atoms with E-state index >= 15 is 0 Å². The summed E-state index contributed by atoms with van der Waals surface area (Å²) >= 11 is 0. The minimum absolute atomic E-state index is 0.0145. The highest BCUT2D eigenvalue weighted by atomic mass is 19.4. The van der Waals surface area contributed by atoms with Crippen LogP contribution in [0.1, 0.15) is 18.1 Å². The van der Waals surface area contributed by atoms with Crippen LogP contribution >= 0.6 is 0 Å². The highest BCUT2D eigenvalue weighted by Crippen LogP contribution is 2.34. The van der Waals surface area contributed by atoms with Gasteiger partial charge < -0.3 is 9.84 Å². The summed E-state index contributed by atoms with van der Waals surface area (Å²) in [5.41, 5.74) is 2.02. The molecule has 0 fully saturated rings. The minimum atomic E-state index is -4.46. The number of hydrogen-bond donors (Lipinski definition) is 2. The number of phenolic OH excluding ortho intramolecular Hbond substituents is 1. The van der Waals surface area contributed by atoms with Crippen LogP contribution in [0, 0.1) is 0 Å². The van der Waals surface area contributed by atoms with Crippen LogP contribution in [0.3, 0.4) is 0 Å². The largest absolute Gasteiger partial charge is 0.504 e. The van der Waals surface area contributed by atoms with E-state index in [1.165, 1.54) is 30.5 Å². The fraction of sp³-hybridized carbons (Fsp3) is 0.188. The number of anilines is 1. The third-order valence-corrected chi connectivity index (χ3v) is 2.91. The highest BCUT2D eigenvalue weighted by Gasteiger charge is 2.33. The number of hydrazone groups is 1. The number of alkyl halides is 3. The standard InChI is InChI=1S/C16H15F3N2O2/c1-2-23-15-9-11(7-8-14(15)22)10-20-21-13-6-4-3-5-12(13)16(17,18)19/h3-10,21-22H,2H2,1H3. The van der Waals surface area contributed by atoms with E-state index in [0.29, 0.717) is 12.2 Å². The Kier molecular flexibility index (Phi) is 5.10. The van der Waals surface area contributed by atoms with Gasteiger partial charge in [-0.15, -0.1) is 0 Å². The Bertz CT molecular complexity index is 700. The Morgan fingerprint density at radius 2 is 1.96 bits per heavy atom. The fourth-order valence-corrected chi connectivity index (χ4v) is 1.89. The molecule has 0 spiro atoms. The lowest BCUT2D eigenvalue weighted by Crippen LogP contribution is -2.08. The first-order valence-electron chi connectivity index (χ1n) is 6.83. The third-order valence-electron chi connectivity index (χ3n) is 2.91. The topological polar surface area (TPSA) is 53.8 Å². The van der Waals surface area contributed by atoms with Crippen molar-refractivity contribution in [1.82, 2.24) is 0 Å². The van der Waals surface area contributed by atoms with Gasteiger partial charge in [-0.1, -0.05) is 12.1 Å². The van der Waals surface area contributed by atoms with E-state index in [1.807, 2.05) is 0 Å². The molecule has 0 radical (unpaired) electrons. The van der Waals surface area contributed by atoms with Gasteiger partial charge in [-0.25, -0.2) is 0 Å². The number of ether oxygens (including phenoxy) is 1. The zero-order valence-corrected chi connectivity index (χ0v) is 12.3. The molecule has 0 bridgehead atoms. The average molecular weight is 324 g/mol. The van der Waals surface area contributed by atoms with E-state index in [-0.39, 0.29) is 17.2 Å². The second-order valence-corrected chi connectivity index (χ2v) is 4.57. The lowest BCUT2D eigenvalue weighted by molar-refractivity contribution is -0.136. The van der Waals surface area contributed by atoms with Crippen LogP contribution in [0.25, 0.3) is 0 Å². The van der Waals surface area contributed by atoms with Gasteiger partial charge in [-0.3, -0.25) is 5.43 Å². The Morgan fingerprint density at radius 1 is 1.22 bits per heavy atom. The molecule has 0 atom stereocenters. The van der Waals surface area contributed by atoms with Gasteiger partial charge in [0, 0.05) is 0 Å². The van der Waals surface area contributed by atoms with Crippen molar-refractivity contribution in [2.45, 2.75) is 13.1 Å².